The van der Waals surface area contributed by atoms with E-state index in [1.807, 2.05) is 0 Å². The van der Waals surface area contributed by atoms with Crippen molar-refractivity contribution in [3.63, 3.8) is 0 Å². The predicted octanol–water partition coefficient (Wildman–Crippen LogP) is 0.178. The van der Waals surface area contributed by atoms with Crippen LogP contribution in [0.3, 0.4) is 0 Å². The Kier molecular flexibility index (Phi) is 3.56. The Hall–Kier alpha value is -1.24. The first-order valence-electron chi connectivity index (χ1n) is 5.54. The fourth-order valence-corrected chi connectivity index (χ4v) is 3.84. The molecule has 0 aromatic carbocycles. The molecule has 1 fully saturated rings. The van der Waals surface area contributed by atoms with Gasteiger partial charge < -0.3 is 9.32 Å². The monoisotopic (exact) mass is 258 g/mol. The Morgan fingerprint density at radius 2 is 2.29 bits per heavy atom. The summed E-state index contributed by atoms with van der Waals surface area (Å²) in [7, 11) is -2.90. The zero-order valence-electron chi connectivity index (χ0n) is 9.33. The van der Waals surface area contributed by atoms with Crippen LogP contribution in [0.2, 0.25) is 0 Å². The van der Waals surface area contributed by atoms with Gasteiger partial charge in [0.05, 0.1) is 17.9 Å². The third-order valence-corrected chi connectivity index (χ3v) is 4.69. The van der Waals surface area contributed by atoms with E-state index in [0.717, 1.165) is 6.42 Å². The molecule has 1 aromatic heterocycles. The van der Waals surface area contributed by atoms with E-state index >= 15 is 0 Å². The molecule has 0 N–H and O–H groups in total. The van der Waals surface area contributed by atoms with Crippen LogP contribution in [0.25, 0.3) is 0 Å². The standard InChI is InChI=1S/C10H14N2O4S/c13-4-3-10-11-9(12-16-10)6-8-2-1-5-17(14,15)7-8/h4,8H,1-3,5-7H2. The van der Waals surface area contributed by atoms with Crippen molar-refractivity contribution in [3.8, 4) is 0 Å². The van der Waals surface area contributed by atoms with Crippen LogP contribution in [-0.2, 0) is 27.5 Å². The summed E-state index contributed by atoms with van der Waals surface area (Å²) in [6.45, 7) is 0. The van der Waals surface area contributed by atoms with Crippen molar-refractivity contribution in [1.29, 1.82) is 0 Å². The van der Waals surface area contributed by atoms with Gasteiger partial charge in [0.15, 0.2) is 15.7 Å². The van der Waals surface area contributed by atoms with Gasteiger partial charge in [0, 0.05) is 6.42 Å². The molecule has 7 heteroatoms. The molecule has 1 unspecified atom stereocenters. The number of carbonyl (C=O) groups is 1. The molecule has 6 nitrogen and oxygen atoms in total. The second-order valence-electron chi connectivity index (χ2n) is 4.30. The van der Waals surface area contributed by atoms with Crippen LogP contribution >= 0.6 is 0 Å². The number of rotatable bonds is 4. The van der Waals surface area contributed by atoms with E-state index in [9.17, 15) is 13.2 Å². The Balaban J connectivity index is 1.97. The molecule has 0 amide bonds. The maximum Gasteiger partial charge on any atom is 0.233 e. The molecule has 0 saturated carbocycles. The number of aromatic nitrogens is 2. The van der Waals surface area contributed by atoms with Gasteiger partial charge in [0.1, 0.15) is 6.29 Å². The van der Waals surface area contributed by atoms with E-state index in [-0.39, 0.29) is 29.7 Å². The number of aldehydes is 1. The lowest BCUT2D eigenvalue weighted by molar-refractivity contribution is -0.107. The largest absolute Gasteiger partial charge is 0.339 e. The lowest BCUT2D eigenvalue weighted by Crippen LogP contribution is -2.26. The first kappa shape index (κ1) is 12.2. The van der Waals surface area contributed by atoms with E-state index in [4.69, 9.17) is 4.52 Å². The topological polar surface area (TPSA) is 90.1 Å². The lowest BCUT2D eigenvalue weighted by atomic mass is 10.0. The number of sulfone groups is 1. The van der Waals surface area contributed by atoms with Crippen molar-refractivity contribution in [1.82, 2.24) is 10.1 Å². The average Bonchev–Trinajstić information content (AvgIpc) is 2.64. The van der Waals surface area contributed by atoms with Crippen LogP contribution in [0, 0.1) is 5.92 Å². The molecular formula is C10H14N2O4S. The molecule has 0 spiro atoms. The maximum atomic E-state index is 11.4. The van der Waals surface area contributed by atoms with Crippen molar-refractivity contribution >= 4 is 16.1 Å². The van der Waals surface area contributed by atoms with Crippen molar-refractivity contribution < 1.29 is 17.7 Å². The Morgan fingerprint density at radius 1 is 1.47 bits per heavy atom. The Morgan fingerprint density at radius 3 is 3.00 bits per heavy atom. The summed E-state index contributed by atoms with van der Waals surface area (Å²) in [4.78, 5) is 14.3. The van der Waals surface area contributed by atoms with Gasteiger partial charge >= 0.3 is 0 Å². The fraction of sp³-hybridized carbons (Fsp3) is 0.700. The summed E-state index contributed by atoms with van der Waals surface area (Å²) < 4.78 is 27.8. The normalized spacial score (nSPS) is 23.4. The van der Waals surface area contributed by atoms with Crippen molar-refractivity contribution in [2.75, 3.05) is 11.5 Å². The second-order valence-corrected chi connectivity index (χ2v) is 6.53. The summed E-state index contributed by atoms with van der Waals surface area (Å²) >= 11 is 0. The highest BCUT2D eigenvalue weighted by Crippen LogP contribution is 2.21. The highest BCUT2D eigenvalue weighted by Gasteiger charge is 2.26. The molecular weight excluding hydrogens is 244 g/mol. The van der Waals surface area contributed by atoms with Crippen LogP contribution in [0.4, 0.5) is 0 Å². The van der Waals surface area contributed by atoms with Crippen LogP contribution in [-0.4, -0.2) is 36.4 Å². The first-order valence-corrected chi connectivity index (χ1v) is 7.37. The van der Waals surface area contributed by atoms with E-state index in [1.54, 1.807) is 0 Å². The Bertz CT molecular complexity index is 494. The van der Waals surface area contributed by atoms with E-state index < -0.39 is 9.84 Å². The summed E-state index contributed by atoms with van der Waals surface area (Å²) in [5.74, 6) is 1.32. The van der Waals surface area contributed by atoms with E-state index in [0.29, 0.717) is 25.0 Å². The van der Waals surface area contributed by atoms with Gasteiger partial charge in [-0.1, -0.05) is 5.16 Å². The molecule has 1 atom stereocenters. The molecule has 1 aliphatic heterocycles. The van der Waals surface area contributed by atoms with Gasteiger partial charge in [-0.15, -0.1) is 0 Å². The summed E-state index contributed by atoms with van der Waals surface area (Å²) in [6.07, 6.45) is 2.88. The van der Waals surface area contributed by atoms with Crippen LogP contribution in [0.5, 0.6) is 0 Å². The second kappa shape index (κ2) is 4.95. The minimum Gasteiger partial charge on any atom is -0.339 e. The van der Waals surface area contributed by atoms with Gasteiger partial charge in [0.2, 0.25) is 5.89 Å². The van der Waals surface area contributed by atoms with E-state index in [1.165, 1.54) is 0 Å². The van der Waals surface area contributed by atoms with Crippen LogP contribution in [0.1, 0.15) is 24.6 Å². The molecule has 0 radical (unpaired) electrons. The average molecular weight is 258 g/mol. The number of nitrogens with zero attached hydrogens (tertiary/aromatic N) is 2. The van der Waals surface area contributed by atoms with Gasteiger partial charge in [-0.25, -0.2) is 8.42 Å². The predicted molar refractivity (Wildman–Crippen MR) is 59.1 cm³/mol. The van der Waals surface area contributed by atoms with E-state index in [2.05, 4.69) is 10.1 Å². The molecule has 17 heavy (non-hydrogen) atoms. The number of hydrogen-bond donors (Lipinski definition) is 0. The van der Waals surface area contributed by atoms with Crippen molar-refractivity contribution in [2.45, 2.75) is 25.7 Å². The summed E-state index contributed by atoms with van der Waals surface area (Å²) in [5.41, 5.74) is 0. The molecule has 1 aromatic rings. The Labute approximate surface area is 99.3 Å². The number of hydrogen-bond acceptors (Lipinski definition) is 6. The number of carbonyl (C=O) groups excluding carboxylic acids is 1. The van der Waals surface area contributed by atoms with Gasteiger partial charge in [-0.05, 0) is 18.8 Å². The molecule has 1 aliphatic rings. The zero-order chi connectivity index (χ0) is 12.3. The maximum absolute atomic E-state index is 11.4. The van der Waals surface area contributed by atoms with Gasteiger partial charge in [0.25, 0.3) is 0 Å². The molecule has 2 heterocycles. The quantitative estimate of drug-likeness (QED) is 0.715. The molecule has 0 bridgehead atoms. The molecule has 2 rings (SSSR count). The molecule has 1 saturated heterocycles. The summed E-state index contributed by atoms with van der Waals surface area (Å²) in [6, 6.07) is 0. The van der Waals surface area contributed by atoms with Crippen molar-refractivity contribution in [2.24, 2.45) is 5.92 Å². The SMILES string of the molecule is O=CCc1nc(CC2CCCS(=O)(=O)C2)no1. The lowest BCUT2D eigenvalue weighted by Gasteiger charge is -2.20. The highest BCUT2D eigenvalue weighted by molar-refractivity contribution is 7.91. The van der Waals surface area contributed by atoms with Gasteiger partial charge in [-0.2, -0.15) is 4.98 Å². The van der Waals surface area contributed by atoms with Gasteiger partial charge in [-0.3, -0.25) is 0 Å². The fourth-order valence-electron chi connectivity index (χ4n) is 2.06. The first-order chi connectivity index (χ1) is 8.09. The third kappa shape index (κ3) is 3.36. The van der Waals surface area contributed by atoms with Crippen LogP contribution < -0.4 is 0 Å². The third-order valence-electron chi connectivity index (χ3n) is 2.80. The molecule has 94 valence electrons. The highest BCUT2D eigenvalue weighted by atomic mass is 32.2. The van der Waals surface area contributed by atoms with Crippen molar-refractivity contribution in [3.05, 3.63) is 11.7 Å². The van der Waals surface area contributed by atoms with Crippen LogP contribution in [0.15, 0.2) is 4.52 Å². The zero-order valence-corrected chi connectivity index (χ0v) is 10.1. The molecule has 0 aliphatic carbocycles. The minimum absolute atomic E-state index is 0.0652. The smallest absolute Gasteiger partial charge is 0.233 e. The summed E-state index contributed by atoms with van der Waals surface area (Å²) in [5, 5.41) is 3.74. The minimum atomic E-state index is -2.90.